The van der Waals surface area contributed by atoms with Gasteiger partial charge in [0.2, 0.25) is 0 Å². The summed E-state index contributed by atoms with van der Waals surface area (Å²) in [5.41, 5.74) is 0.882. The van der Waals surface area contributed by atoms with Gasteiger partial charge < -0.3 is 10.0 Å². The van der Waals surface area contributed by atoms with E-state index in [9.17, 15) is 14.8 Å². The summed E-state index contributed by atoms with van der Waals surface area (Å²) >= 11 is 0. The standard InChI is InChI=1S/C12H14N2O3/c1-8(15)11(13-17)12(16)9-4-6-10(7-5-9)14(2)3/h4-7,16H,1-3H3/b12-11+. The monoisotopic (exact) mass is 234 g/mol. The molecule has 0 bridgehead atoms. The lowest BCUT2D eigenvalue weighted by molar-refractivity contribution is -0.113. The molecule has 0 aromatic heterocycles. The van der Waals surface area contributed by atoms with Crippen LogP contribution in [-0.4, -0.2) is 25.0 Å². The minimum atomic E-state index is -0.561. The predicted octanol–water partition coefficient (Wildman–Crippen LogP) is 2.33. The third-order valence-electron chi connectivity index (χ3n) is 2.31. The number of carbonyl (C=O) groups is 1. The Morgan fingerprint density at radius 2 is 1.76 bits per heavy atom. The summed E-state index contributed by atoms with van der Waals surface area (Å²) in [5.74, 6) is -0.952. The Bertz CT molecular complexity index is 461. The van der Waals surface area contributed by atoms with Gasteiger partial charge in [0, 0.05) is 32.3 Å². The number of hydrogen-bond acceptors (Lipinski definition) is 5. The number of carbonyl (C=O) groups excluding carboxylic acids is 1. The molecule has 1 aromatic rings. The summed E-state index contributed by atoms with van der Waals surface area (Å²) in [6.07, 6.45) is 0. The number of anilines is 1. The van der Waals surface area contributed by atoms with E-state index < -0.39 is 17.2 Å². The molecule has 1 rings (SSSR count). The first-order valence-corrected chi connectivity index (χ1v) is 5.02. The topological polar surface area (TPSA) is 70.0 Å². The fourth-order valence-corrected chi connectivity index (χ4v) is 1.33. The zero-order valence-corrected chi connectivity index (χ0v) is 9.97. The average Bonchev–Trinajstić information content (AvgIpc) is 2.29. The smallest absolute Gasteiger partial charge is 0.192 e. The first-order chi connectivity index (χ1) is 7.97. The highest BCUT2D eigenvalue weighted by Gasteiger charge is 2.13. The van der Waals surface area contributed by atoms with Gasteiger partial charge in [-0.05, 0) is 29.4 Å². The molecule has 0 fully saturated rings. The molecule has 0 spiro atoms. The maximum atomic E-state index is 11.0. The molecule has 0 heterocycles. The van der Waals surface area contributed by atoms with Crippen LogP contribution >= 0.6 is 0 Å². The molecule has 0 amide bonds. The molecular weight excluding hydrogens is 220 g/mol. The molecular formula is C12H14N2O3. The highest BCUT2D eigenvalue weighted by atomic mass is 16.3. The zero-order chi connectivity index (χ0) is 13.0. The van der Waals surface area contributed by atoms with E-state index in [0.29, 0.717) is 5.56 Å². The molecule has 0 saturated heterocycles. The van der Waals surface area contributed by atoms with Crippen LogP contribution in [0.1, 0.15) is 12.5 Å². The Balaban J connectivity index is 3.16. The minimum Gasteiger partial charge on any atom is -0.505 e. The Kier molecular flexibility index (Phi) is 3.98. The third-order valence-corrected chi connectivity index (χ3v) is 2.31. The summed E-state index contributed by atoms with van der Waals surface area (Å²) in [6.45, 7) is 1.18. The van der Waals surface area contributed by atoms with E-state index in [-0.39, 0.29) is 0 Å². The van der Waals surface area contributed by atoms with E-state index in [2.05, 4.69) is 5.18 Å². The average molecular weight is 234 g/mol. The van der Waals surface area contributed by atoms with Crippen LogP contribution in [0, 0.1) is 4.91 Å². The fourth-order valence-electron chi connectivity index (χ4n) is 1.33. The minimum absolute atomic E-state index is 0.389. The van der Waals surface area contributed by atoms with E-state index in [4.69, 9.17) is 0 Å². The van der Waals surface area contributed by atoms with E-state index in [1.165, 1.54) is 6.92 Å². The number of benzene rings is 1. The molecule has 90 valence electrons. The normalized spacial score (nSPS) is 11.7. The van der Waals surface area contributed by atoms with Gasteiger partial charge in [-0.2, -0.15) is 0 Å². The second-order valence-corrected chi connectivity index (χ2v) is 3.79. The maximum absolute atomic E-state index is 11.0. The first kappa shape index (κ1) is 12.9. The highest BCUT2D eigenvalue weighted by molar-refractivity contribution is 5.99. The SMILES string of the molecule is CC(=O)/C(N=O)=C(\O)c1ccc(N(C)C)cc1. The van der Waals surface area contributed by atoms with Crippen LogP contribution in [0.3, 0.4) is 0 Å². The van der Waals surface area contributed by atoms with E-state index in [0.717, 1.165) is 5.69 Å². The van der Waals surface area contributed by atoms with Crippen molar-refractivity contribution in [2.24, 2.45) is 5.18 Å². The molecule has 5 nitrogen and oxygen atoms in total. The van der Waals surface area contributed by atoms with Crippen molar-refractivity contribution in [2.75, 3.05) is 19.0 Å². The van der Waals surface area contributed by atoms with Crippen LogP contribution in [0.2, 0.25) is 0 Å². The molecule has 1 N–H and O–H groups in total. The van der Waals surface area contributed by atoms with Gasteiger partial charge >= 0.3 is 0 Å². The number of aliphatic hydroxyl groups is 1. The van der Waals surface area contributed by atoms with Crippen molar-refractivity contribution in [3.63, 3.8) is 0 Å². The van der Waals surface area contributed by atoms with E-state index >= 15 is 0 Å². The van der Waals surface area contributed by atoms with Crippen LogP contribution < -0.4 is 4.90 Å². The van der Waals surface area contributed by atoms with Crippen LogP contribution in [-0.2, 0) is 4.79 Å². The summed E-state index contributed by atoms with van der Waals surface area (Å²) in [6, 6.07) is 6.79. The Labute approximate surface area is 99.3 Å². The molecule has 5 heteroatoms. The van der Waals surface area contributed by atoms with Crippen LogP contribution in [0.25, 0.3) is 5.76 Å². The van der Waals surface area contributed by atoms with Gasteiger partial charge in [0.1, 0.15) is 0 Å². The Morgan fingerprint density at radius 1 is 1.24 bits per heavy atom. The predicted molar refractivity (Wildman–Crippen MR) is 66.8 cm³/mol. The molecule has 0 aliphatic heterocycles. The van der Waals surface area contributed by atoms with Gasteiger partial charge in [-0.15, -0.1) is 4.91 Å². The number of nitroso groups, excluding NO2 is 1. The van der Waals surface area contributed by atoms with Gasteiger partial charge in [0.25, 0.3) is 0 Å². The molecule has 17 heavy (non-hydrogen) atoms. The number of rotatable bonds is 4. The number of nitrogens with zero attached hydrogens (tertiary/aromatic N) is 2. The lowest BCUT2D eigenvalue weighted by Gasteiger charge is -2.12. The molecule has 0 radical (unpaired) electrons. The highest BCUT2D eigenvalue weighted by Crippen LogP contribution is 2.20. The van der Waals surface area contributed by atoms with Crippen molar-refractivity contribution in [1.29, 1.82) is 0 Å². The van der Waals surface area contributed by atoms with Gasteiger partial charge in [-0.1, -0.05) is 0 Å². The number of aliphatic hydroxyl groups excluding tert-OH is 1. The Morgan fingerprint density at radius 3 is 2.12 bits per heavy atom. The first-order valence-electron chi connectivity index (χ1n) is 5.02. The fraction of sp³-hybridized carbons (Fsp3) is 0.250. The molecule has 0 saturated carbocycles. The molecule has 0 aliphatic carbocycles. The van der Waals surface area contributed by atoms with Crippen molar-refractivity contribution in [3.05, 3.63) is 40.4 Å². The largest absolute Gasteiger partial charge is 0.505 e. The van der Waals surface area contributed by atoms with E-state index in [1.807, 2.05) is 19.0 Å². The number of allylic oxidation sites excluding steroid dienone is 1. The number of Topliss-reactive ketones (excluding diaryl/α,β-unsaturated/α-hetero) is 1. The number of ketones is 1. The summed E-state index contributed by atoms with van der Waals surface area (Å²) in [4.78, 5) is 23.4. The second-order valence-electron chi connectivity index (χ2n) is 3.79. The molecule has 0 aliphatic rings. The molecule has 0 atom stereocenters. The van der Waals surface area contributed by atoms with Crippen molar-refractivity contribution < 1.29 is 9.90 Å². The molecule has 1 aromatic carbocycles. The van der Waals surface area contributed by atoms with Gasteiger partial charge in [0.05, 0.1) is 0 Å². The second kappa shape index (κ2) is 5.25. The quantitative estimate of drug-likeness (QED) is 0.493. The summed E-state index contributed by atoms with van der Waals surface area (Å²) < 4.78 is 0. The van der Waals surface area contributed by atoms with Gasteiger partial charge in [-0.3, -0.25) is 4.79 Å². The number of hydrogen-bond donors (Lipinski definition) is 1. The lowest BCUT2D eigenvalue weighted by Crippen LogP contribution is -2.08. The third kappa shape index (κ3) is 2.90. The van der Waals surface area contributed by atoms with Gasteiger partial charge in [-0.25, -0.2) is 0 Å². The lowest BCUT2D eigenvalue weighted by atomic mass is 10.1. The van der Waals surface area contributed by atoms with Crippen LogP contribution in [0.15, 0.2) is 35.1 Å². The summed E-state index contributed by atoms with van der Waals surface area (Å²) in [5, 5.41) is 12.3. The van der Waals surface area contributed by atoms with E-state index in [1.54, 1.807) is 24.3 Å². The van der Waals surface area contributed by atoms with Crippen LogP contribution in [0.5, 0.6) is 0 Å². The van der Waals surface area contributed by atoms with Crippen molar-refractivity contribution in [2.45, 2.75) is 6.92 Å². The molecule has 0 unspecified atom stereocenters. The van der Waals surface area contributed by atoms with Crippen molar-refractivity contribution in [3.8, 4) is 0 Å². The van der Waals surface area contributed by atoms with Crippen molar-refractivity contribution in [1.82, 2.24) is 0 Å². The Hall–Kier alpha value is -2.17. The van der Waals surface area contributed by atoms with Crippen LogP contribution in [0.4, 0.5) is 5.69 Å². The zero-order valence-electron chi connectivity index (χ0n) is 9.97. The van der Waals surface area contributed by atoms with Gasteiger partial charge in [0.15, 0.2) is 17.2 Å². The maximum Gasteiger partial charge on any atom is 0.192 e. The summed E-state index contributed by atoms with van der Waals surface area (Å²) in [7, 11) is 3.78. The van der Waals surface area contributed by atoms with Crippen molar-refractivity contribution >= 4 is 17.2 Å².